The minimum Gasteiger partial charge on any atom is -0.391 e. The third-order valence-corrected chi connectivity index (χ3v) is 2.40. The van der Waals surface area contributed by atoms with Crippen LogP contribution >= 0.6 is 0 Å². The molecule has 0 aromatic rings. The fraction of sp³-hybridized carbons (Fsp3) is 0.800. The zero-order valence-electron chi connectivity index (χ0n) is 7.42. The Bertz CT molecular complexity index is 156. The molecule has 1 aliphatic rings. The quantitative estimate of drug-likeness (QED) is 0.612. The molecular weight excluding hydrogens is 150 g/mol. The molecule has 68 valence electrons. The van der Waals surface area contributed by atoms with Crippen LogP contribution in [0.25, 0.3) is 0 Å². The molecule has 0 aromatic heterocycles. The van der Waals surface area contributed by atoms with Gasteiger partial charge in [-0.25, -0.2) is 0 Å². The third kappa shape index (κ3) is 2.84. The van der Waals surface area contributed by atoms with Crippen LogP contribution in [0.1, 0.15) is 32.1 Å². The average Bonchev–Trinajstić information content (AvgIpc) is 2.15. The van der Waals surface area contributed by atoms with Crippen molar-refractivity contribution in [3.8, 4) is 12.3 Å². The maximum Gasteiger partial charge on any atom is 0.0702 e. The topological polar surface area (TPSA) is 32.3 Å². The molecular formula is C10H17NO. The maximum atomic E-state index is 9.65. The third-order valence-electron chi connectivity index (χ3n) is 2.40. The first-order valence-electron chi connectivity index (χ1n) is 4.69. The predicted molar refractivity (Wildman–Crippen MR) is 49.7 cm³/mol. The summed E-state index contributed by atoms with van der Waals surface area (Å²) in [6.07, 6.45) is 9.84. The fourth-order valence-electron chi connectivity index (χ4n) is 1.64. The van der Waals surface area contributed by atoms with Crippen LogP contribution < -0.4 is 5.32 Å². The van der Waals surface area contributed by atoms with E-state index in [9.17, 15) is 5.11 Å². The summed E-state index contributed by atoms with van der Waals surface area (Å²) in [5.74, 6) is 2.55. The summed E-state index contributed by atoms with van der Waals surface area (Å²) in [4.78, 5) is 0. The second-order valence-corrected chi connectivity index (χ2v) is 3.37. The van der Waals surface area contributed by atoms with E-state index in [4.69, 9.17) is 6.42 Å². The highest BCUT2D eigenvalue weighted by Gasteiger charge is 2.19. The van der Waals surface area contributed by atoms with Gasteiger partial charge >= 0.3 is 0 Å². The summed E-state index contributed by atoms with van der Waals surface area (Å²) in [6, 6.07) is 0.284. The van der Waals surface area contributed by atoms with Crippen molar-refractivity contribution in [2.24, 2.45) is 0 Å². The van der Waals surface area contributed by atoms with E-state index in [-0.39, 0.29) is 12.1 Å². The largest absolute Gasteiger partial charge is 0.391 e. The minimum absolute atomic E-state index is 0.249. The lowest BCUT2D eigenvalue weighted by atomic mass is 9.97. The second kappa shape index (κ2) is 5.18. The van der Waals surface area contributed by atoms with Gasteiger partial charge in [0.1, 0.15) is 0 Å². The van der Waals surface area contributed by atoms with Gasteiger partial charge in [-0.15, -0.1) is 12.3 Å². The van der Waals surface area contributed by atoms with Crippen molar-refractivity contribution >= 4 is 0 Å². The van der Waals surface area contributed by atoms with Crippen molar-refractivity contribution in [3.63, 3.8) is 0 Å². The first-order valence-corrected chi connectivity index (χ1v) is 4.69. The summed E-state index contributed by atoms with van der Waals surface area (Å²) in [5, 5.41) is 13.0. The van der Waals surface area contributed by atoms with Crippen LogP contribution in [-0.2, 0) is 0 Å². The van der Waals surface area contributed by atoms with Crippen molar-refractivity contribution in [3.05, 3.63) is 0 Å². The Morgan fingerprint density at radius 3 is 3.00 bits per heavy atom. The van der Waals surface area contributed by atoms with Crippen LogP contribution in [0, 0.1) is 12.3 Å². The van der Waals surface area contributed by atoms with Crippen molar-refractivity contribution in [1.82, 2.24) is 5.32 Å². The summed E-state index contributed by atoms with van der Waals surface area (Å²) in [6.45, 7) is 1.04. The molecule has 0 aromatic carbocycles. The molecule has 0 aliphatic carbocycles. The Morgan fingerprint density at radius 1 is 1.58 bits per heavy atom. The Hall–Kier alpha value is -0.520. The molecule has 1 aliphatic heterocycles. The molecule has 2 nitrogen and oxygen atoms in total. The molecule has 1 rings (SSSR count). The van der Waals surface area contributed by atoms with Gasteiger partial charge < -0.3 is 10.4 Å². The summed E-state index contributed by atoms with van der Waals surface area (Å²) >= 11 is 0. The predicted octanol–water partition coefficient (Wildman–Crippen LogP) is 0.903. The van der Waals surface area contributed by atoms with Gasteiger partial charge in [0.2, 0.25) is 0 Å². The number of aliphatic hydroxyl groups excluding tert-OH is 1. The minimum atomic E-state index is -0.249. The Labute approximate surface area is 74.4 Å². The van der Waals surface area contributed by atoms with Crippen LogP contribution in [0.2, 0.25) is 0 Å². The van der Waals surface area contributed by atoms with Crippen LogP contribution in [0.4, 0.5) is 0 Å². The van der Waals surface area contributed by atoms with Crippen molar-refractivity contribution in [1.29, 1.82) is 0 Å². The van der Waals surface area contributed by atoms with Crippen molar-refractivity contribution in [2.75, 3.05) is 6.54 Å². The lowest BCUT2D eigenvalue weighted by molar-refractivity contribution is 0.106. The highest BCUT2D eigenvalue weighted by atomic mass is 16.3. The van der Waals surface area contributed by atoms with Gasteiger partial charge in [0.05, 0.1) is 6.10 Å². The molecule has 2 atom stereocenters. The fourth-order valence-corrected chi connectivity index (χ4v) is 1.64. The lowest BCUT2D eigenvalue weighted by Gasteiger charge is -2.27. The van der Waals surface area contributed by atoms with E-state index in [0.717, 1.165) is 19.4 Å². The first-order chi connectivity index (χ1) is 5.84. The molecule has 0 bridgehead atoms. The number of piperidine rings is 1. The van der Waals surface area contributed by atoms with Crippen LogP contribution in [0.5, 0.6) is 0 Å². The van der Waals surface area contributed by atoms with E-state index in [1.165, 1.54) is 12.8 Å². The zero-order valence-corrected chi connectivity index (χ0v) is 7.42. The monoisotopic (exact) mass is 167 g/mol. The molecule has 2 unspecified atom stereocenters. The van der Waals surface area contributed by atoms with Gasteiger partial charge in [-0.2, -0.15) is 0 Å². The molecule has 0 saturated carbocycles. The maximum absolute atomic E-state index is 9.65. The second-order valence-electron chi connectivity index (χ2n) is 3.37. The van der Waals surface area contributed by atoms with Crippen LogP contribution in [-0.4, -0.2) is 23.8 Å². The van der Waals surface area contributed by atoms with E-state index < -0.39 is 0 Å². The van der Waals surface area contributed by atoms with E-state index in [0.29, 0.717) is 6.42 Å². The number of rotatable bonds is 3. The molecule has 0 spiro atoms. The molecule has 2 N–H and O–H groups in total. The number of terminal acetylenes is 1. The van der Waals surface area contributed by atoms with Crippen LogP contribution in [0.3, 0.4) is 0 Å². The molecule has 0 amide bonds. The Balaban J connectivity index is 2.21. The van der Waals surface area contributed by atoms with E-state index in [2.05, 4.69) is 11.2 Å². The molecule has 1 heterocycles. The number of aliphatic hydroxyl groups is 1. The van der Waals surface area contributed by atoms with Gasteiger partial charge in [0, 0.05) is 12.5 Å². The van der Waals surface area contributed by atoms with E-state index in [1.54, 1.807) is 0 Å². The van der Waals surface area contributed by atoms with Crippen molar-refractivity contribution < 1.29 is 5.11 Å². The SMILES string of the molecule is C#CCCC(O)C1CCCCN1. The first kappa shape index (κ1) is 9.57. The summed E-state index contributed by atoms with van der Waals surface area (Å²) < 4.78 is 0. The van der Waals surface area contributed by atoms with Gasteiger partial charge in [-0.1, -0.05) is 6.42 Å². The normalized spacial score (nSPS) is 26.2. The zero-order chi connectivity index (χ0) is 8.81. The van der Waals surface area contributed by atoms with Gasteiger partial charge in [0.25, 0.3) is 0 Å². The molecule has 1 fully saturated rings. The molecule has 2 heteroatoms. The highest BCUT2D eigenvalue weighted by Crippen LogP contribution is 2.13. The van der Waals surface area contributed by atoms with Gasteiger partial charge in [-0.3, -0.25) is 0 Å². The Morgan fingerprint density at radius 2 is 2.42 bits per heavy atom. The molecule has 12 heavy (non-hydrogen) atoms. The number of hydrogen-bond acceptors (Lipinski definition) is 2. The van der Waals surface area contributed by atoms with Crippen LogP contribution in [0.15, 0.2) is 0 Å². The smallest absolute Gasteiger partial charge is 0.0702 e. The molecule has 1 saturated heterocycles. The summed E-state index contributed by atoms with van der Waals surface area (Å²) in [5.41, 5.74) is 0. The Kier molecular flexibility index (Phi) is 4.13. The van der Waals surface area contributed by atoms with Gasteiger partial charge in [-0.05, 0) is 25.8 Å². The average molecular weight is 167 g/mol. The summed E-state index contributed by atoms with van der Waals surface area (Å²) in [7, 11) is 0. The standard InChI is InChI=1S/C10H17NO/c1-2-3-7-10(12)9-6-4-5-8-11-9/h1,9-12H,3-8H2. The van der Waals surface area contributed by atoms with Gasteiger partial charge in [0.15, 0.2) is 0 Å². The highest BCUT2D eigenvalue weighted by molar-refractivity contribution is 4.87. The molecule has 0 radical (unpaired) electrons. The lowest BCUT2D eigenvalue weighted by Crippen LogP contribution is -2.42. The van der Waals surface area contributed by atoms with E-state index in [1.807, 2.05) is 0 Å². The number of nitrogens with one attached hydrogen (secondary N) is 1. The van der Waals surface area contributed by atoms with E-state index >= 15 is 0 Å². The van der Waals surface area contributed by atoms with Crippen molar-refractivity contribution in [2.45, 2.75) is 44.2 Å². The number of hydrogen-bond donors (Lipinski definition) is 2.